The lowest BCUT2D eigenvalue weighted by molar-refractivity contribution is 0.0774. The van der Waals surface area contributed by atoms with Crippen LogP contribution in [0.3, 0.4) is 0 Å². The summed E-state index contributed by atoms with van der Waals surface area (Å²) in [5.41, 5.74) is 0. The van der Waals surface area contributed by atoms with Crippen LogP contribution in [0.2, 0.25) is 0 Å². The smallest absolute Gasteiger partial charge is 0.0667 e. The van der Waals surface area contributed by atoms with Crippen molar-refractivity contribution in [2.45, 2.75) is 32.3 Å². The molecule has 1 atom stereocenters. The first-order valence-electron chi connectivity index (χ1n) is 6.12. The van der Waals surface area contributed by atoms with Crippen molar-refractivity contribution in [3.8, 4) is 0 Å². The number of aliphatic hydroxyl groups excluding tert-OH is 1. The van der Waals surface area contributed by atoms with Gasteiger partial charge in [0.25, 0.3) is 0 Å². The van der Waals surface area contributed by atoms with E-state index < -0.39 is 0 Å². The van der Waals surface area contributed by atoms with E-state index in [4.69, 9.17) is 9.47 Å². The molecule has 1 unspecified atom stereocenters. The molecule has 1 N–H and O–H groups in total. The molecule has 0 fully saturated rings. The van der Waals surface area contributed by atoms with Crippen LogP contribution in [0.5, 0.6) is 0 Å². The third-order valence-corrected chi connectivity index (χ3v) is 2.53. The summed E-state index contributed by atoms with van der Waals surface area (Å²) in [6.07, 6.45) is 2.67. The molecular weight excluding hydrogens is 206 g/mol. The maximum atomic E-state index is 9.76. The maximum Gasteiger partial charge on any atom is 0.0667 e. The molecule has 0 aliphatic rings. The molecule has 0 aromatic rings. The Bertz CT molecular complexity index is 144. The van der Waals surface area contributed by atoms with Crippen molar-refractivity contribution >= 4 is 0 Å². The third-order valence-electron chi connectivity index (χ3n) is 2.53. The molecule has 0 aromatic carbocycles. The van der Waals surface area contributed by atoms with Crippen LogP contribution in [0.25, 0.3) is 0 Å². The zero-order valence-electron chi connectivity index (χ0n) is 10.9. The molecular formula is C12H27NO3. The minimum atomic E-state index is -0.218. The van der Waals surface area contributed by atoms with Gasteiger partial charge in [0, 0.05) is 40.5 Å². The molecule has 0 bridgehead atoms. The SMILES string of the molecule is CCCC(O)CN(CCCOC)CCOC. The molecule has 98 valence electrons. The standard InChI is InChI=1S/C12H27NO3/c1-4-6-12(14)11-13(8-10-16-3)7-5-9-15-2/h12,14H,4-11H2,1-3H3. The second-order valence-electron chi connectivity index (χ2n) is 4.08. The summed E-state index contributed by atoms with van der Waals surface area (Å²) in [5.74, 6) is 0. The monoisotopic (exact) mass is 233 g/mol. The van der Waals surface area contributed by atoms with E-state index in [1.165, 1.54) is 0 Å². The average molecular weight is 233 g/mol. The number of nitrogens with zero attached hydrogens (tertiary/aromatic N) is 1. The number of methoxy groups -OCH3 is 2. The maximum absolute atomic E-state index is 9.76. The van der Waals surface area contributed by atoms with E-state index in [0.717, 1.165) is 45.5 Å². The highest BCUT2D eigenvalue weighted by atomic mass is 16.5. The summed E-state index contributed by atoms with van der Waals surface area (Å²) < 4.78 is 10.1. The van der Waals surface area contributed by atoms with Crippen molar-refractivity contribution in [1.29, 1.82) is 0 Å². The Hall–Kier alpha value is -0.160. The van der Waals surface area contributed by atoms with Crippen LogP contribution < -0.4 is 0 Å². The summed E-state index contributed by atoms with van der Waals surface area (Å²) in [4.78, 5) is 2.24. The van der Waals surface area contributed by atoms with E-state index in [1.54, 1.807) is 14.2 Å². The number of aliphatic hydroxyl groups is 1. The summed E-state index contributed by atoms with van der Waals surface area (Å²) in [6.45, 7) is 6.15. The van der Waals surface area contributed by atoms with Crippen LogP contribution in [0.15, 0.2) is 0 Å². The third kappa shape index (κ3) is 9.09. The molecule has 0 aliphatic heterocycles. The van der Waals surface area contributed by atoms with Crippen LogP contribution in [-0.4, -0.2) is 63.2 Å². The van der Waals surface area contributed by atoms with Gasteiger partial charge in [0.15, 0.2) is 0 Å². The van der Waals surface area contributed by atoms with Gasteiger partial charge >= 0.3 is 0 Å². The second kappa shape index (κ2) is 11.3. The van der Waals surface area contributed by atoms with Gasteiger partial charge in [0.1, 0.15) is 0 Å². The van der Waals surface area contributed by atoms with Crippen molar-refractivity contribution in [1.82, 2.24) is 4.90 Å². The normalized spacial score (nSPS) is 13.3. The Morgan fingerprint density at radius 1 is 1.12 bits per heavy atom. The Morgan fingerprint density at radius 3 is 2.38 bits per heavy atom. The Kier molecular flexibility index (Phi) is 11.2. The molecule has 0 saturated carbocycles. The highest BCUT2D eigenvalue weighted by molar-refractivity contribution is 4.64. The van der Waals surface area contributed by atoms with Gasteiger partial charge in [-0.25, -0.2) is 0 Å². The van der Waals surface area contributed by atoms with Crippen LogP contribution in [0, 0.1) is 0 Å². The Morgan fingerprint density at radius 2 is 1.81 bits per heavy atom. The first kappa shape index (κ1) is 15.8. The van der Waals surface area contributed by atoms with E-state index >= 15 is 0 Å². The van der Waals surface area contributed by atoms with Crippen LogP contribution in [0.1, 0.15) is 26.2 Å². The van der Waals surface area contributed by atoms with E-state index in [-0.39, 0.29) is 6.10 Å². The molecule has 0 radical (unpaired) electrons. The van der Waals surface area contributed by atoms with Crippen LogP contribution >= 0.6 is 0 Å². The van der Waals surface area contributed by atoms with Crippen molar-refractivity contribution in [3.63, 3.8) is 0 Å². The van der Waals surface area contributed by atoms with Crippen molar-refractivity contribution in [3.05, 3.63) is 0 Å². The molecule has 0 rings (SSSR count). The highest BCUT2D eigenvalue weighted by Crippen LogP contribution is 2.01. The predicted molar refractivity (Wildman–Crippen MR) is 65.7 cm³/mol. The summed E-state index contributed by atoms with van der Waals surface area (Å²) in [5, 5.41) is 9.76. The van der Waals surface area contributed by atoms with Gasteiger partial charge < -0.3 is 14.6 Å². The van der Waals surface area contributed by atoms with Gasteiger partial charge in [0.05, 0.1) is 12.7 Å². The van der Waals surface area contributed by atoms with Gasteiger partial charge in [-0.2, -0.15) is 0 Å². The number of ether oxygens (including phenoxy) is 2. The molecule has 4 nitrogen and oxygen atoms in total. The molecule has 0 heterocycles. The fourth-order valence-electron chi connectivity index (χ4n) is 1.67. The molecule has 16 heavy (non-hydrogen) atoms. The molecule has 4 heteroatoms. The number of hydrogen-bond donors (Lipinski definition) is 1. The topological polar surface area (TPSA) is 41.9 Å². The molecule has 0 aliphatic carbocycles. The van der Waals surface area contributed by atoms with Crippen molar-refractivity contribution in [2.24, 2.45) is 0 Å². The fourth-order valence-corrected chi connectivity index (χ4v) is 1.67. The minimum Gasteiger partial charge on any atom is -0.392 e. The zero-order chi connectivity index (χ0) is 12.2. The predicted octanol–water partition coefficient (Wildman–Crippen LogP) is 1.13. The summed E-state index contributed by atoms with van der Waals surface area (Å²) in [6, 6.07) is 0. The summed E-state index contributed by atoms with van der Waals surface area (Å²) in [7, 11) is 3.42. The Balaban J connectivity index is 3.78. The highest BCUT2D eigenvalue weighted by Gasteiger charge is 2.10. The fraction of sp³-hybridized carbons (Fsp3) is 1.00. The molecule has 0 spiro atoms. The molecule has 0 amide bonds. The first-order chi connectivity index (χ1) is 7.74. The average Bonchev–Trinajstić information content (AvgIpc) is 2.26. The van der Waals surface area contributed by atoms with Gasteiger partial charge in [-0.3, -0.25) is 4.90 Å². The second-order valence-corrected chi connectivity index (χ2v) is 4.08. The minimum absolute atomic E-state index is 0.218. The van der Waals surface area contributed by atoms with Gasteiger partial charge in [0.2, 0.25) is 0 Å². The molecule has 0 saturated heterocycles. The van der Waals surface area contributed by atoms with Gasteiger partial charge in [-0.15, -0.1) is 0 Å². The van der Waals surface area contributed by atoms with Crippen LogP contribution in [0.4, 0.5) is 0 Å². The van der Waals surface area contributed by atoms with E-state index in [2.05, 4.69) is 11.8 Å². The largest absolute Gasteiger partial charge is 0.392 e. The Labute approximate surface area is 99.5 Å². The van der Waals surface area contributed by atoms with Crippen molar-refractivity contribution < 1.29 is 14.6 Å². The lowest BCUT2D eigenvalue weighted by Gasteiger charge is -2.24. The first-order valence-corrected chi connectivity index (χ1v) is 6.12. The van der Waals surface area contributed by atoms with Crippen LogP contribution in [-0.2, 0) is 9.47 Å². The number of rotatable bonds is 11. The van der Waals surface area contributed by atoms with Crippen molar-refractivity contribution in [2.75, 3.05) is 47.1 Å². The lowest BCUT2D eigenvalue weighted by Crippen LogP contribution is -2.36. The van der Waals surface area contributed by atoms with Gasteiger partial charge in [-0.1, -0.05) is 13.3 Å². The van der Waals surface area contributed by atoms with E-state index in [1.807, 2.05) is 0 Å². The summed E-state index contributed by atoms with van der Waals surface area (Å²) >= 11 is 0. The van der Waals surface area contributed by atoms with Gasteiger partial charge in [-0.05, 0) is 12.8 Å². The molecule has 0 aromatic heterocycles. The van der Waals surface area contributed by atoms with E-state index in [9.17, 15) is 5.11 Å². The van der Waals surface area contributed by atoms with E-state index in [0.29, 0.717) is 6.61 Å². The zero-order valence-corrected chi connectivity index (χ0v) is 10.9. The lowest BCUT2D eigenvalue weighted by atomic mass is 10.2. The number of hydrogen-bond acceptors (Lipinski definition) is 4. The quantitative estimate of drug-likeness (QED) is 0.543.